The van der Waals surface area contributed by atoms with Gasteiger partial charge in [-0.3, -0.25) is 4.79 Å². The first-order chi connectivity index (χ1) is 10.8. The van der Waals surface area contributed by atoms with E-state index in [0.717, 1.165) is 17.4 Å². The van der Waals surface area contributed by atoms with Crippen LogP contribution in [0.4, 0.5) is 0 Å². The number of carbonyl (C=O) groups is 1. The maximum Gasteiger partial charge on any atom is 0.233 e. The van der Waals surface area contributed by atoms with E-state index < -0.39 is 10.0 Å². The lowest BCUT2D eigenvalue weighted by Crippen LogP contribution is -2.32. The summed E-state index contributed by atoms with van der Waals surface area (Å²) in [5, 5.41) is 1.12. The summed E-state index contributed by atoms with van der Waals surface area (Å²) in [6.45, 7) is 5.00. The molecular formula is C17H26N2O3S. The van der Waals surface area contributed by atoms with Crippen molar-refractivity contribution in [1.82, 2.24) is 9.62 Å². The van der Waals surface area contributed by atoms with Crippen LogP contribution in [0.5, 0.6) is 0 Å². The molecular weight excluding hydrogens is 312 g/mol. The largest absolute Gasteiger partial charge is 0.346 e. The fourth-order valence-electron chi connectivity index (χ4n) is 1.85. The van der Waals surface area contributed by atoms with Crippen molar-refractivity contribution in [2.45, 2.75) is 26.7 Å². The van der Waals surface area contributed by atoms with Crippen molar-refractivity contribution in [1.29, 1.82) is 0 Å². The third kappa shape index (κ3) is 8.52. The van der Waals surface area contributed by atoms with Gasteiger partial charge in [-0.2, -0.15) is 0 Å². The van der Waals surface area contributed by atoms with E-state index in [1.165, 1.54) is 6.08 Å². The molecule has 0 unspecified atom stereocenters. The average Bonchev–Trinajstić information content (AvgIpc) is 2.51. The van der Waals surface area contributed by atoms with Crippen molar-refractivity contribution in [2.24, 2.45) is 5.92 Å². The lowest BCUT2D eigenvalue weighted by Gasteiger charge is -2.18. The van der Waals surface area contributed by atoms with E-state index in [-0.39, 0.29) is 18.9 Å². The summed E-state index contributed by atoms with van der Waals surface area (Å²) in [4.78, 5) is 13.5. The maximum absolute atomic E-state index is 11.9. The zero-order valence-electron chi connectivity index (χ0n) is 14.0. The van der Waals surface area contributed by atoms with Crippen LogP contribution in [0.2, 0.25) is 0 Å². The normalized spacial score (nSPS) is 12.0. The average molecular weight is 338 g/mol. The van der Waals surface area contributed by atoms with E-state index in [0.29, 0.717) is 12.5 Å². The Hall–Kier alpha value is -1.66. The first kappa shape index (κ1) is 19.4. The number of carbonyl (C=O) groups excluding carboxylic acids is 1. The predicted octanol–water partition coefficient (Wildman–Crippen LogP) is 2.47. The van der Waals surface area contributed by atoms with Gasteiger partial charge in [-0.1, -0.05) is 44.2 Å². The number of hydrogen-bond acceptors (Lipinski definition) is 3. The van der Waals surface area contributed by atoms with Gasteiger partial charge in [-0.15, -0.1) is 0 Å². The van der Waals surface area contributed by atoms with Gasteiger partial charge in [0.2, 0.25) is 15.9 Å². The van der Waals surface area contributed by atoms with E-state index in [2.05, 4.69) is 18.6 Å². The highest BCUT2D eigenvalue weighted by Crippen LogP contribution is 2.04. The topological polar surface area (TPSA) is 66.5 Å². The van der Waals surface area contributed by atoms with Crippen LogP contribution in [0.25, 0.3) is 6.08 Å². The molecule has 6 heteroatoms. The Bertz CT molecular complexity index is 610. The van der Waals surface area contributed by atoms with E-state index >= 15 is 0 Å². The van der Waals surface area contributed by atoms with Crippen molar-refractivity contribution in [3.8, 4) is 0 Å². The zero-order valence-corrected chi connectivity index (χ0v) is 14.8. The van der Waals surface area contributed by atoms with Crippen LogP contribution in [-0.2, 0) is 14.8 Å². The van der Waals surface area contributed by atoms with Crippen LogP contribution in [0.15, 0.2) is 35.7 Å². The molecule has 1 aromatic rings. The minimum Gasteiger partial charge on any atom is -0.346 e. The smallest absolute Gasteiger partial charge is 0.233 e. The summed E-state index contributed by atoms with van der Waals surface area (Å²) in [7, 11) is -1.78. The second kappa shape index (κ2) is 9.47. The van der Waals surface area contributed by atoms with E-state index in [9.17, 15) is 13.2 Å². The number of benzene rings is 1. The minimum atomic E-state index is -3.53. The Labute approximate surface area is 139 Å². The highest BCUT2D eigenvalue weighted by atomic mass is 32.2. The Morgan fingerprint density at radius 1 is 1.26 bits per heavy atom. The molecule has 128 valence electrons. The first-order valence-corrected chi connectivity index (χ1v) is 9.31. The van der Waals surface area contributed by atoms with Crippen LogP contribution >= 0.6 is 0 Å². The molecule has 1 N–H and O–H groups in total. The third-order valence-corrected chi connectivity index (χ3v) is 4.45. The standard InChI is InChI=1S/C17H26N2O3S/c1-15(2)10-13-19(3)17(20)9-12-18-23(21,22)14-11-16-7-5-4-6-8-16/h4-8,11,14-15,18H,9-10,12-13H2,1-3H3/b14-11+. The van der Waals surface area contributed by atoms with Gasteiger partial charge in [0, 0.05) is 32.0 Å². The molecule has 1 amide bonds. The quantitative estimate of drug-likeness (QED) is 0.752. The van der Waals surface area contributed by atoms with Gasteiger partial charge in [0.1, 0.15) is 0 Å². The highest BCUT2D eigenvalue weighted by molar-refractivity contribution is 7.92. The number of nitrogens with one attached hydrogen (secondary N) is 1. The molecule has 0 saturated heterocycles. The van der Waals surface area contributed by atoms with Gasteiger partial charge in [0.25, 0.3) is 0 Å². The van der Waals surface area contributed by atoms with Crippen molar-refractivity contribution in [3.63, 3.8) is 0 Å². The summed E-state index contributed by atoms with van der Waals surface area (Å²) in [6.07, 6.45) is 2.62. The molecule has 0 radical (unpaired) electrons. The fraction of sp³-hybridized carbons (Fsp3) is 0.471. The second-order valence-corrected chi connectivity index (χ2v) is 7.55. The number of amides is 1. The second-order valence-electron chi connectivity index (χ2n) is 5.90. The van der Waals surface area contributed by atoms with Gasteiger partial charge in [0.15, 0.2) is 0 Å². The number of nitrogens with zero attached hydrogens (tertiary/aromatic N) is 1. The molecule has 1 rings (SSSR count). The molecule has 0 aromatic heterocycles. The monoisotopic (exact) mass is 338 g/mol. The summed E-state index contributed by atoms with van der Waals surface area (Å²) in [5.41, 5.74) is 0.808. The van der Waals surface area contributed by atoms with E-state index in [1.807, 2.05) is 30.3 Å². The van der Waals surface area contributed by atoms with Gasteiger partial charge in [0.05, 0.1) is 0 Å². The molecule has 0 aliphatic carbocycles. The molecule has 0 spiro atoms. The van der Waals surface area contributed by atoms with Crippen LogP contribution in [0.1, 0.15) is 32.3 Å². The molecule has 23 heavy (non-hydrogen) atoms. The Morgan fingerprint density at radius 3 is 2.52 bits per heavy atom. The summed E-state index contributed by atoms with van der Waals surface area (Å²) < 4.78 is 26.1. The molecule has 0 aliphatic rings. The lowest BCUT2D eigenvalue weighted by molar-refractivity contribution is -0.129. The molecule has 0 fully saturated rings. The predicted molar refractivity (Wildman–Crippen MR) is 94.1 cm³/mol. The van der Waals surface area contributed by atoms with Crippen LogP contribution in [-0.4, -0.2) is 39.4 Å². The molecule has 1 aromatic carbocycles. The maximum atomic E-state index is 11.9. The van der Waals surface area contributed by atoms with Crippen molar-refractivity contribution >= 4 is 22.0 Å². The fourth-order valence-corrected chi connectivity index (χ4v) is 2.67. The zero-order chi connectivity index (χ0) is 17.3. The molecule has 0 atom stereocenters. The van der Waals surface area contributed by atoms with Crippen molar-refractivity contribution in [2.75, 3.05) is 20.1 Å². The summed E-state index contributed by atoms with van der Waals surface area (Å²) >= 11 is 0. The summed E-state index contributed by atoms with van der Waals surface area (Å²) in [6, 6.07) is 9.18. The van der Waals surface area contributed by atoms with Crippen molar-refractivity contribution < 1.29 is 13.2 Å². The summed E-state index contributed by atoms with van der Waals surface area (Å²) in [5.74, 6) is 0.479. The van der Waals surface area contributed by atoms with Crippen molar-refractivity contribution in [3.05, 3.63) is 41.3 Å². The Morgan fingerprint density at radius 2 is 1.91 bits per heavy atom. The molecule has 5 nitrogen and oxygen atoms in total. The Kier molecular flexibility index (Phi) is 7.98. The van der Waals surface area contributed by atoms with Gasteiger partial charge in [-0.25, -0.2) is 13.1 Å². The highest BCUT2D eigenvalue weighted by Gasteiger charge is 2.11. The third-order valence-electron chi connectivity index (χ3n) is 3.35. The van der Waals surface area contributed by atoms with E-state index in [1.54, 1.807) is 11.9 Å². The molecule has 0 saturated carbocycles. The SMILES string of the molecule is CC(C)CCN(C)C(=O)CCNS(=O)(=O)/C=C/c1ccccc1. The molecule has 0 heterocycles. The molecule has 0 aliphatic heterocycles. The van der Waals surface area contributed by atoms with Crippen LogP contribution in [0.3, 0.4) is 0 Å². The van der Waals surface area contributed by atoms with Crippen LogP contribution in [0, 0.1) is 5.92 Å². The number of rotatable bonds is 9. The molecule has 0 bridgehead atoms. The number of sulfonamides is 1. The minimum absolute atomic E-state index is 0.0552. The van der Waals surface area contributed by atoms with E-state index in [4.69, 9.17) is 0 Å². The first-order valence-electron chi connectivity index (χ1n) is 7.77. The lowest BCUT2D eigenvalue weighted by atomic mass is 10.1. The van der Waals surface area contributed by atoms with Gasteiger partial charge in [-0.05, 0) is 24.0 Å². The Balaban J connectivity index is 2.39. The number of hydrogen-bond donors (Lipinski definition) is 1. The van der Waals surface area contributed by atoms with Gasteiger partial charge >= 0.3 is 0 Å². The van der Waals surface area contributed by atoms with Gasteiger partial charge < -0.3 is 4.90 Å². The van der Waals surface area contributed by atoms with Crippen LogP contribution < -0.4 is 4.72 Å².